The predicted molar refractivity (Wildman–Crippen MR) is 33.7 cm³/mol. The van der Waals surface area contributed by atoms with Gasteiger partial charge in [0.1, 0.15) is 5.75 Å². The lowest BCUT2D eigenvalue weighted by Crippen LogP contribution is -2.13. The smallest absolute Gasteiger partial charge is 0.185 e. The van der Waals surface area contributed by atoms with Gasteiger partial charge in [-0.25, -0.2) is 0 Å². The molecule has 0 aromatic heterocycles. The first kappa shape index (κ1) is 7.60. The van der Waals surface area contributed by atoms with Gasteiger partial charge in [0.2, 0.25) is 0 Å². The maximum Gasteiger partial charge on any atom is 0.185 e. The molecule has 0 saturated heterocycles. The second-order valence-electron chi connectivity index (χ2n) is 1.13. The van der Waals surface area contributed by atoms with Crippen LogP contribution in [0, 0.1) is 6.92 Å². The molecule has 0 aliphatic carbocycles. The molecule has 0 amide bonds. The summed E-state index contributed by atoms with van der Waals surface area (Å²) >= 11 is 4.46. The zero-order valence-electron chi connectivity index (χ0n) is 4.19. The number of rotatable bonds is 2. The Morgan fingerprint density at radius 3 is 2.43 bits per heavy atom. The first-order chi connectivity index (χ1) is 3.18. The van der Waals surface area contributed by atoms with E-state index in [-0.39, 0.29) is 4.71 Å². The first-order valence-corrected chi connectivity index (χ1v) is 3.81. The molecule has 0 N–H and O–H groups in total. The van der Waals surface area contributed by atoms with Crippen molar-refractivity contribution in [1.82, 2.24) is 0 Å². The van der Waals surface area contributed by atoms with E-state index in [1.54, 1.807) is 6.92 Å². The summed E-state index contributed by atoms with van der Waals surface area (Å²) < 4.78 is 10.2. The molecule has 2 atom stereocenters. The van der Waals surface area contributed by atoms with Crippen LogP contribution in [0.2, 0.25) is 0 Å². The van der Waals surface area contributed by atoms with Gasteiger partial charge in [0, 0.05) is 0 Å². The molecule has 0 saturated carbocycles. The van der Waals surface area contributed by atoms with Gasteiger partial charge < -0.3 is 4.55 Å². The first-order valence-electron chi connectivity index (χ1n) is 1.99. The van der Waals surface area contributed by atoms with Gasteiger partial charge in [0.25, 0.3) is 0 Å². The monoisotopic (exact) mass is 139 g/mol. The maximum absolute atomic E-state index is 10.4. The summed E-state index contributed by atoms with van der Waals surface area (Å²) in [6, 6.07) is 0. The molecule has 0 rings (SSSR count). The highest BCUT2D eigenvalue weighted by molar-refractivity contribution is 7.93. The highest BCUT2D eigenvalue weighted by Crippen LogP contribution is 2.04. The van der Waals surface area contributed by atoms with Crippen molar-refractivity contribution in [2.45, 2.75) is 11.6 Å². The Labute approximate surface area is 52.2 Å². The van der Waals surface area contributed by atoms with E-state index in [0.717, 1.165) is 0 Å². The van der Waals surface area contributed by atoms with Crippen LogP contribution in [0.25, 0.3) is 0 Å². The molecular formula is C4H8ClOS. The third kappa shape index (κ3) is 3.21. The van der Waals surface area contributed by atoms with Crippen molar-refractivity contribution in [2.75, 3.05) is 5.75 Å². The summed E-state index contributed by atoms with van der Waals surface area (Å²) in [4.78, 5) is 0. The maximum atomic E-state index is 10.4. The van der Waals surface area contributed by atoms with Crippen molar-refractivity contribution in [3.63, 3.8) is 0 Å². The van der Waals surface area contributed by atoms with Crippen LogP contribution in [-0.2, 0) is 11.2 Å². The van der Waals surface area contributed by atoms with Gasteiger partial charge >= 0.3 is 0 Å². The zero-order chi connectivity index (χ0) is 5.86. The SMILES string of the molecule is [CH2]C[S+]([O-])C(C)Cl. The molecule has 1 nitrogen and oxygen atoms in total. The average molecular weight is 140 g/mol. The fourth-order valence-corrected chi connectivity index (χ4v) is 0.754. The molecule has 0 bridgehead atoms. The van der Waals surface area contributed by atoms with E-state index >= 15 is 0 Å². The van der Waals surface area contributed by atoms with E-state index in [2.05, 4.69) is 6.92 Å². The normalized spacial score (nSPS) is 18.9. The Hall–Kier alpha value is 0.600. The Morgan fingerprint density at radius 2 is 2.43 bits per heavy atom. The molecule has 0 aliphatic heterocycles. The predicted octanol–water partition coefficient (Wildman–Crippen LogP) is 1.15. The molecule has 0 aliphatic rings. The van der Waals surface area contributed by atoms with E-state index in [9.17, 15) is 4.55 Å². The van der Waals surface area contributed by atoms with Crippen LogP contribution in [0.3, 0.4) is 0 Å². The van der Waals surface area contributed by atoms with Gasteiger partial charge in [-0.3, -0.25) is 0 Å². The molecule has 0 aromatic rings. The summed E-state index contributed by atoms with van der Waals surface area (Å²) in [7, 11) is 0. The molecule has 7 heavy (non-hydrogen) atoms. The fourth-order valence-electron chi connectivity index (χ4n) is 0.162. The van der Waals surface area contributed by atoms with Gasteiger partial charge in [0.05, 0.1) is 0 Å². The number of hydrogen-bond donors (Lipinski definition) is 0. The van der Waals surface area contributed by atoms with Crippen molar-refractivity contribution < 1.29 is 4.55 Å². The minimum atomic E-state index is -0.924. The quantitative estimate of drug-likeness (QED) is 0.416. The summed E-state index contributed by atoms with van der Waals surface area (Å²) in [5, 5.41) is 0. The molecule has 0 aromatic carbocycles. The van der Waals surface area contributed by atoms with Crippen LogP contribution in [0.1, 0.15) is 6.92 Å². The lowest BCUT2D eigenvalue weighted by atomic mass is 10.9. The summed E-state index contributed by atoms with van der Waals surface area (Å²) in [6.45, 7) is 5.12. The van der Waals surface area contributed by atoms with Crippen LogP contribution >= 0.6 is 11.6 Å². The van der Waals surface area contributed by atoms with E-state index < -0.39 is 11.2 Å². The highest BCUT2D eigenvalue weighted by atomic mass is 35.5. The van der Waals surface area contributed by atoms with Gasteiger partial charge in [-0.05, 0) is 25.0 Å². The van der Waals surface area contributed by atoms with E-state index in [0.29, 0.717) is 5.75 Å². The van der Waals surface area contributed by atoms with Crippen molar-refractivity contribution in [3.8, 4) is 0 Å². The van der Waals surface area contributed by atoms with Crippen LogP contribution in [0.5, 0.6) is 0 Å². The zero-order valence-corrected chi connectivity index (χ0v) is 5.76. The van der Waals surface area contributed by atoms with Crippen molar-refractivity contribution >= 4 is 22.8 Å². The Balaban J connectivity index is 3.14. The molecule has 43 valence electrons. The summed E-state index contributed by atoms with van der Waals surface area (Å²) in [5.74, 6) is 0.407. The molecule has 0 heterocycles. The van der Waals surface area contributed by atoms with Crippen LogP contribution in [0.15, 0.2) is 0 Å². The number of alkyl halides is 1. The lowest BCUT2D eigenvalue weighted by Gasteiger charge is -2.08. The minimum Gasteiger partial charge on any atom is -0.615 e. The largest absolute Gasteiger partial charge is 0.615 e. The second kappa shape index (κ2) is 3.58. The number of halogens is 1. The molecule has 2 unspecified atom stereocenters. The molecule has 1 radical (unpaired) electrons. The van der Waals surface area contributed by atoms with E-state index in [1.165, 1.54) is 0 Å². The third-order valence-corrected chi connectivity index (χ3v) is 2.29. The standard InChI is InChI=1S/C4H8ClOS/c1-3-7(6)4(2)5/h4H,1,3H2,2H3. The van der Waals surface area contributed by atoms with Crippen LogP contribution < -0.4 is 0 Å². The number of hydrogen-bond acceptors (Lipinski definition) is 1. The molecule has 0 fully saturated rings. The van der Waals surface area contributed by atoms with E-state index in [1.807, 2.05) is 0 Å². The Kier molecular flexibility index (Phi) is 3.89. The molecular weight excluding hydrogens is 132 g/mol. The molecule has 0 spiro atoms. The van der Waals surface area contributed by atoms with E-state index in [4.69, 9.17) is 11.6 Å². The van der Waals surface area contributed by atoms with Gasteiger partial charge in [-0.2, -0.15) is 0 Å². The van der Waals surface area contributed by atoms with Crippen molar-refractivity contribution in [1.29, 1.82) is 0 Å². The average Bonchev–Trinajstić information content (AvgIpc) is 1.65. The summed E-state index contributed by atoms with van der Waals surface area (Å²) in [5.41, 5.74) is 0. The van der Waals surface area contributed by atoms with Crippen molar-refractivity contribution in [2.24, 2.45) is 0 Å². The van der Waals surface area contributed by atoms with Crippen LogP contribution in [-0.4, -0.2) is 15.0 Å². The second-order valence-corrected chi connectivity index (χ2v) is 3.92. The minimum absolute atomic E-state index is 0.252. The highest BCUT2D eigenvalue weighted by Gasteiger charge is 2.08. The third-order valence-electron chi connectivity index (χ3n) is 0.563. The van der Waals surface area contributed by atoms with Crippen molar-refractivity contribution in [3.05, 3.63) is 6.92 Å². The van der Waals surface area contributed by atoms with Crippen LogP contribution in [0.4, 0.5) is 0 Å². The van der Waals surface area contributed by atoms with Gasteiger partial charge in [0.15, 0.2) is 4.71 Å². The Bertz CT molecular complexity index is 49.0. The van der Waals surface area contributed by atoms with Gasteiger partial charge in [-0.15, -0.1) is 0 Å². The van der Waals surface area contributed by atoms with Gasteiger partial charge in [-0.1, -0.05) is 11.6 Å². The Morgan fingerprint density at radius 1 is 2.00 bits per heavy atom. The topological polar surface area (TPSA) is 23.1 Å². The lowest BCUT2D eigenvalue weighted by molar-refractivity contribution is 0.596. The summed E-state index contributed by atoms with van der Waals surface area (Å²) in [6.07, 6.45) is 0. The fraction of sp³-hybridized carbons (Fsp3) is 0.750. The molecule has 3 heteroatoms.